The fourth-order valence-corrected chi connectivity index (χ4v) is 2.83. The Balaban J connectivity index is 1.89. The van der Waals surface area contributed by atoms with Gasteiger partial charge in [0.2, 0.25) is 5.91 Å². The number of nitrogens with one attached hydrogen (secondary N) is 1. The number of rotatable bonds is 4. The third kappa shape index (κ3) is 2.80. The van der Waals surface area contributed by atoms with Gasteiger partial charge in [0.1, 0.15) is 0 Å². The minimum Gasteiger partial charge on any atom is -0.369 e. The lowest BCUT2D eigenvalue weighted by Gasteiger charge is -2.29. The summed E-state index contributed by atoms with van der Waals surface area (Å²) in [6.45, 7) is 0.734. The third-order valence-corrected chi connectivity index (χ3v) is 3.80. The van der Waals surface area contributed by atoms with E-state index in [1.54, 1.807) is 11.3 Å². The van der Waals surface area contributed by atoms with E-state index in [-0.39, 0.29) is 17.9 Å². The molecule has 0 spiro atoms. The summed E-state index contributed by atoms with van der Waals surface area (Å²) in [6, 6.07) is 0.230. The van der Waals surface area contributed by atoms with E-state index in [0.717, 1.165) is 31.5 Å². The van der Waals surface area contributed by atoms with Crippen molar-refractivity contribution in [3.05, 3.63) is 16.6 Å². The Hall–Kier alpha value is -0.940. The molecular weight excluding hydrogens is 222 g/mol. The summed E-state index contributed by atoms with van der Waals surface area (Å²) in [7, 11) is 0. The van der Waals surface area contributed by atoms with Crippen LogP contribution in [0.4, 0.5) is 0 Å². The predicted octanol–water partition coefficient (Wildman–Crippen LogP) is 1.28. The Kier molecular flexibility index (Phi) is 3.90. The maximum Gasteiger partial charge on any atom is 0.222 e. The summed E-state index contributed by atoms with van der Waals surface area (Å²) in [6.07, 6.45) is 4.25. The molecule has 1 amide bonds. The van der Waals surface area contributed by atoms with Crippen molar-refractivity contribution in [2.75, 3.05) is 0 Å². The molecule has 1 aliphatic carbocycles. The van der Waals surface area contributed by atoms with E-state index in [1.165, 1.54) is 6.42 Å². The molecule has 0 aromatic carbocycles. The molecule has 2 rings (SSSR count). The molecule has 0 saturated heterocycles. The van der Waals surface area contributed by atoms with Gasteiger partial charge in [-0.3, -0.25) is 4.79 Å². The van der Waals surface area contributed by atoms with Gasteiger partial charge in [-0.2, -0.15) is 0 Å². The van der Waals surface area contributed by atoms with Crippen LogP contribution in [0.25, 0.3) is 0 Å². The van der Waals surface area contributed by atoms with Crippen molar-refractivity contribution in [1.82, 2.24) is 10.3 Å². The van der Waals surface area contributed by atoms with Crippen molar-refractivity contribution in [2.45, 2.75) is 38.3 Å². The highest BCUT2D eigenvalue weighted by Gasteiger charge is 2.28. The van der Waals surface area contributed by atoms with Gasteiger partial charge in [0, 0.05) is 18.0 Å². The first-order valence-electron chi connectivity index (χ1n) is 5.67. The molecular formula is C11H17N3OS. The van der Waals surface area contributed by atoms with E-state index in [2.05, 4.69) is 10.3 Å². The lowest BCUT2D eigenvalue weighted by molar-refractivity contribution is -0.123. The van der Waals surface area contributed by atoms with Crippen LogP contribution in [0.2, 0.25) is 0 Å². The zero-order valence-corrected chi connectivity index (χ0v) is 10.0. The van der Waals surface area contributed by atoms with Crippen LogP contribution in [0.5, 0.6) is 0 Å². The molecule has 1 aromatic rings. The maximum atomic E-state index is 11.3. The first-order chi connectivity index (χ1) is 7.77. The number of nitrogens with two attached hydrogens (primary N) is 1. The van der Waals surface area contributed by atoms with Crippen LogP contribution in [0, 0.1) is 5.92 Å². The topological polar surface area (TPSA) is 68.0 Å². The molecule has 88 valence electrons. The predicted molar refractivity (Wildman–Crippen MR) is 63.9 cm³/mol. The van der Waals surface area contributed by atoms with Crippen molar-refractivity contribution in [3.63, 3.8) is 0 Å². The highest BCUT2D eigenvalue weighted by Crippen LogP contribution is 2.24. The Bertz CT molecular complexity index is 339. The Morgan fingerprint density at radius 1 is 1.56 bits per heavy atom. The summed E-state index contributed by atoms with van der Waals surface area (Å²) in [4.78, 5) is 15.5. The molecule has 0 aliphatic heterocycles. The van der Waals surface area contributed by atoms with E-state index in [1.807, 2.05) is 10.9 Å². The van der Waals surface area contributed by atoms with Crippen LogP contribution in [-0.4, -0.2) is 16.9 Å². The number of amides is 1. The van der Waals surface area contributed by atoms with E-state index in [0.29, 0.717) is 0 Å². The van der Waals surface area contributed by atoms with E-state index >= 15 is 0 Å². The van der Waals surface area contributed by atoms with Gasteiger partial charge in [0.25, 0.3) is 0 Å². The number of carbonyl (C=O) groups is 1. The summed E-state index contributed by atoms with van der Waals surface area (Å²) in [5.41, 5.74) is 8.28. The van der Waals surface area contributed by atoms with Crippen molar-refractivity contribution < 1.29 is 4.79 Å². The first-order valence-corrected chi connectivity index (χ1v) is 6.61. The largest absolute Gasteiger partial charge is 0.369 e. The number of aromatic nitrogens is 1. The van der Waals surface area contributed by atoms with Gasteiger partial charge in [-0.25, -0.2) is 4.98 Å². The van der Waals surface area contributed by atoms with Gasteiger partial charge in [-0.05, 0) is 12.8 Å². The smallest absolute Gasteiger partial charge is 0.222 e. The van der Waals surface area contributed by atoms with Crippen molar-refractivity contribution in [3.8, 4) is 0 Å². The summed E-state index contributed by atoms with van der Waals surface area (Å²) in [5, 5.41) is 5.42. The second kappa shape index (κ2) is 5.41. The lowest BCUT2D eigenvalue weighted by atomic mass is 9.84. The number of thiazole rings is 1. The fourth-order valence-electron chi connectivity index (χ4n) is 2.28. The molecule has 4 nitrogen and oxygen atoms in total. The zero-order chi connectivity index (χ0) is 11.4. The van der Waals surface area contributed by atoms with Crippen molar-refractivity contribution in [2.24, 2.45) is 11.7 Å². The lowest BCUT2D eigenvalue weighted by Crippen LogP contribution is -2.44. The minimum atomic E-state index is -0.171. The molecule has 0 radical (unpaired) electrons. The fraction of sp³-hybridized carbons (Fsp3) is 0.636. The van der Waals surface area contributed by atoms with E-state index in [4.69, 9.17) is 5.73 Å². The molecule has 2 atom stereocenters. The minimum absolute atomic E-state index is 0.00705. The highest BCUT2D eigenvalue weighted by molar-refractivity contribution is 7.07. The van der Waals surface area contributed by atoms with Crippen LogP contribution in [-0.2, 0) is 11.3 Å². The molecule has 1 aliphatic rings. The van der Waals surface area contributed by atoms with Gasteiger partial charge < -0.3 is 11.1 Å². The second-order valence-corrected chi connectivity index (χ2v) is 4.98. The van der Waals surface area contributed by atoms with Gasteiger partial charge in [0.05, 0.1) is 17.1 Å². The SMILES string of the molecule is NC(=O)C1CCCCC1NCc1cscn1. The number of nitrogens with zero attached hydrogens (tertiary/aromatic N) is 1. The molecule has 0 bridgehead atoms. The zero-order valence-electron chi connectivity index (χ0n) is 9.19. The van der Waals surface area contributed by atoms with Gasteiger partial charge >= 0.3 is 0 Å². The van der Waals surface area contributed by atoms with Gasteiger partial charge in [-0.15, -0.1) is 11.3 Å². The number of carbonyl (C=O) groups excluding carboxylic acids is 1. The molecule has 1 fully saturated rings. The average Bonchev–Trinajstić information content (AvgIpc) is 2.79. The van der Waals surface area contributed by atoms with Crippen LogP contribution >= 0.6 is 11.3 Å². The first kappa shape index (κ1) is 11.5. The van der Waals surface area contributed by atoms with E-state index < -0.39 is 0 Å². The van der Waals surface area contributed by atoms with Crippen LogP contribution in [0.15, 0.2) is 10.9 Å². The number of hydrogen-bond acceptors (Lipinski definition) is 4. The van der Waals surface area contributed by atoms with E-state index in [9.17, 15) is 4.79 Å². The van der Waals surface area contributed by atoms with Gasteiger partial charge in [-0.1, -0.05) is 12.8 Å². The Morgan fingerprint density at radius 2 is 2.38 bits per heavy atom. The molecule has 1 saturated carbocycles. The molecule has 2 unspecified atom stereocenters. The third-order valence-electron chi connectivity index (χ3n) is 3.16. The Labute approximate surface area is 99.3 Å². The van der Waals surface area contributed by atoms with Crippen molar-refractivity contribution >= 4 is 17.2 Å². The molecule has 5 heteroatoms. The maximum absolute atomic E-state index is 11.3. The summed E-state index contributed by atoms with van der Waals surface area (Å²) >= 11 is 1.59. The van der Waals surface area contributed by atoms with Crippen LogP contribution in [0.1, 0.15) is 31.4 Å². The normalized spacial score (nSPS) is 25.5. The standard InChI is InChI=1S/C11H17N3OS/c12-11(15)9-3-1-2-4-10(9)13-5-8-6-16-7-14-8/h6-7,9-10,13H,1-5H2,(H2,12,15). The van der Waals surface area contributed by atoms with Crippen LogP contribution < -0.4 is 11.1 Å². The monoisotopic (exact) mass is 239 g/mol. The number of primary amides is 1. The molecule has 16 heavy (non-hydrogen) atoms. The second-order valence-electron chi connectivity index (χ2n) is 4.26. The molecule has 1 heterocycles. The molecule has 3 N–H and O–H groups in total. The quantitative estimate of drug-likeness (QED) is 0.831. The highest BCUT2D eigenvalue weighted by atomic mass is 32.1. The molecule has 1 aromatic heterocycles. The van der Waals surface area contributed by atoms with Crippen LogP contribution in [0.3, 0.4) is 0 Å². The van der Waals surface area contributed by atoms with Crippen molar-refractivity contribution in [1.29, 1.82) is 0 Å². The number of hydrogen-bond donors (Lipinski definition) is 2. The summed E-state index contributed by atoms with van der Waals surface area (Å²) in [5.74, 6) is -0.178. The average molecular weight is 239 g/mol. The van der Waals surface area contributed by atoms with Gasteiger partial charge in [0.15, 0.2) is 0 Å². The Morgan fingerprint density at radius 3 is 3.06 bits per heavy atom. The summed E-state index contributed by atoms with van der Waals surface area (Å²) < 4.78 is 0.